The molecule has 1 aromatic carbocycles. The molecule has 1 aliphatic rings. The van der Waals surface area contributed by atoms with Crippen molar-refractivity contribution in [1.29, 1.82) is 0 Å². The highest BCUT2D eigenvalue weighted by Gasteiger charge is 2.28. The van der Waals surface area contributed by atoms with Crippen LogP contribution in [-0.4, -0.2) is 43.1 Å². The van der Waals surface area contributed by atoms with Gasteiger partial charge in [-0.2, -0.15) is 0 Å². The van der Waals surface area contributed by atoms with Gasteiger partial charge in [0.25, 0.3) is 0 Å². The van der Waals surface area contributed by atoms with Crippen LogP contribution in [0.5, 0.6) is 5.75 Å². The molecule has 4 rings (SSSR count). The molecule has 0 aliphatic heterocycles. The van der Waals surface area contributed by atoms with E-state index in [9.17, 15) is 14.7 Å². The van der Waals surface area contributed by atoms with E-state index in [2.05, 4.69) is 15.3 Å². The van der Waals surface area contributed by atoms with Crippen LogP contribution in [0.1, 0.15) is 50.0 Å². The average molecular weight is 465 g/mol. The number of hydrogen-bond acceptors (Lipinski definition) is 7. The number of nitrogens with zero attached hydrogens (tertiary/aromatic N) is 4. The summed E-state index contributed by atoms with van der Waals surface area (Å²) >= 11 is 0. The fourth-order valence-electron chi connectivity index (χ4n) is 4.20. The summed E-state index contributed by atoms with van der Waals surface area (Å²) in [5.74, 6) is -0.944. The smallest absolute Gasteiger partial charge is 0.312 e. The van der Waals surface area contributed by atoms with Gasteiger partial charge in [0, 0.05) is 7.05 Å². The Kier molecular flexibility index (Phi) is 7.20. The monoisotopic (exact) mass is 464 g/mol. The molecule has 0 bridgehead atoms. The van der Waals surface area contributed by atoms with E-state index in [1.165, 1.54) is 0 Å². The van der Waals surface area contributed by atoms with Crippen LogP contribution in [0, 0.1) is 5.92 Å². The lowest BCUT2D eigenvalue weighted by atomic mass is 9.87. The lowest BCUT2D eigenvalue weighted by molar-refractivity contribution is -0.148. The summed E-state index contributed by atoms with van der Waals surface area (Å²) in [6.45, 7) is 1.83. The number of pyridine rings is 1. The first-order chi connectivity index (χ1) is 16.4. The largest absolute Gasteiger partial charge is 0.489 e. The number of carbonyl (C=O) groups is 2. The topological polar surface area (TPSA) is 116 Å². The van der Waals surface area contributed by atoms with Crippen molar-refractivity contribution >= 4 is 11.9 Å². The van der Waals surface area contributed by atoms with Crippen LogP contribution in [0.15, 0.2) is 48.7 Å². The molecule has 1 N–H and O–H groups in total. The van der Waals surface area contributed by atoms with Crippen LogP contribution in [0.3, 0.4) is 0 Å². The average Bonchev–Trinajstić information content (AvgIpc) is 3.20. The normalized spacial score (nSPS) is 18.8. The van der Waals surface area contributed by atoms with Crippen molar-refractivity contribution in [1.82, 2.24) is 20.0 Å². The van der Waals surface area contributed by atoms with Crippen LogP contribution >= 0.6 is 0 Å². The Morgan fingerprint density at radius 1 is 1.18 bits per heavy atom. The van der Waals surface area contributed by atoms with Crippen LogP contribution < -0.4 is 4.74 Å². The Labute approximate surface area is 197 Å². The fraction of sp³-hybridized carbons (Fsp3) is 0.400. The van der Waals surface area contributed by atoms with Gasteiger partial charge in [-0.15, -0.1) is 5.10 Å². The molecule has 0 amide bonds. The van der Waals surface area contributed by atoms with Crippen molar-refractivity contribution in [3.05, 3.63) is 59.9 Å². The van der Waals surface area contributed by atoms with Crippen molar-refractivity contribution in [2.45, 2.75) is 51.2 Å². The van der Waals surface area contributed by atoms with Gasteiger partial charge in [-0.25, -0.2) is 0 Å². The molecule has 3 aromatic rings. The van der Waals surface area contributed by atoms with E-state index in [0.29, 0.717) is 35.7 Å². The molecule has 3 atom stereocenters. The van der Waals surface area contributed by atoms with Crippen LogP contribution in [-0.2, 0) is 27.8 Å². The molecule has 1 fully saturated rings. The Morgan fingerprint density at radius 3 is 2.68 bits per heavy atom. The highest BCUT2D eigenvalue weighted by Crippen LogP contribution is 2.29. The Hall–Kier alpha value is -3.75. The van der Waals surface area contributed by atoms with E-state index in [1.54, 1.807) is 30.1 Å². The van der Waals surface area contributed by atoms with Crippen molar-refractivity contribution in [2.24, 2.45) is 13.0 Å². The Bertz CT molecular complexity index is 1130. The molecule has 0 spiro atoms. The van der Waals surface area contributed by atoms with E-state index in [0.717, 1.165) is 18.4 Å². The summed E-state index contributed by atoms with van der Waals surface area (Å²) < 4.78 is 13.1. The molecule has 2 heterocycles. The minimum absolute atomic E-state index is 0.00852. The van der Waals surface area contributed by atoms with E-state index >= 15 is 0 Å². The maximum Gasteiger partial charge on any atom is 0.312 e. The highest BCUT2D eigenvalue weighted by atomic mass is 16.5. The number of rotatable bonds is 8. The first kappa shape index (κ1) is 23.4. The number of ether oxygens (including phenoxy) is 2. The van der Waals surface area contributed by atoms with Gasteiger partial charge in [0.1, 0.15) is 17.5 Å². The van der Waals surface area contributed by atoms with Crippen LogP contribution in [0.25, 0.3) is 11.4 Å². The van der Waals surface area contributed by atoms with Crippen LogP contribution in [0.4, 0.5) is 0 Å². The van der Waals surface area contributed by atoms with Crippen LogP contribution in [0.2, 0.25) is 0 Å². The van der Waals surface area contributed by atoms with Crippen molar-refractivity contribution in [3.63, 3.8) is 0 Å². The third-order valence-corrected chi connectivity index (χ3v) is 6.09. The highest BCUT2D eigenvalue weighted by molar-refractivity contribution is 5.75. The molecular weight excluding hydrogens is 436 g/mol. The van der Waals surface area contributed by atoms with E-state index in [-0.39, 0.29) is 30.5 Å². The molecule has 1 aliphatic carbocycles. The van der Waals surface area contributed by atoms with Gasteiger partial charge < -0.3 is 14.6 Å². The minimum atomic E-state index is -0.770. The molecule has 0 saturated heterocycles. The summed E-state index contributed by atoms with van der Waals surface area (Å²) in [4.78, 5) is 28.3. The van der Waals surface area contributed by atoms with Crippen molar-refractivity contribution in [2.75, 3.05) is 0 Å². The van der Waals surface area contributed by atoms with Gasteiger partial charge in [0.2, 0.25) is 0 Å². The molecule has 0 unspecified atom stereocenters. The second kappa shape index (κ2) is 10.5. The van der Waals surface area contributed by atoms with E-state index in [1.807, 2.05) is 37.3 Å². The summed E-state index contributed by atoms with van der Waals surface area (Å²) in [7, 11) is 1.72. The number of hydrogen-bond donors (Lipinski definition) is 1. The first-order valence-electron chi connectivity index (χ1n) is 11.4. The third-order valence-electron chi connectivity index (χ3n) is 6.09. The first-order valence-corrected chi connectivity index (χ1v) is 11.4. The zero-order valence-electron chi connectivity index (χ0n) is 19.3. The number of esters is 1. The Morgan fingerprint density at radius 2 is 1.97 bits per heavy atom. The van der Waals surface area contributed by atoms with Gasteiger partial charge in [0.05, 0.1) is 36.0 Å². The summed E-state index contributed by atoms with van der Waals surface area (Å²) in [6.07, 6.45) is 3.92. The SMILES string of the molecule is C[C@@H](OC(=O)Cc1c(-c2ccc(O[C@H]3CCC[C@H](C(=O)O)C3)cn2)nnn1C)c1ccccc1. The second-order valence-electron chi connectivity index (χ2n) is 8.55. The van der Waals surface area contributed by atoms with Crippen molar-refractivity contribution < 1.29 is 24.2 Å². The molecule has 9 heteroatoms. The number of aryl methyl sites for hydroxylation is 1. The molecule has 34 heavy (non-hydrogen) atoms. The molecule has 2 aromatic heterocycles. The molecular formula is C25H28N4O5. The Balaban J connectivity index is 1.41. The molecule has 178 valence electrons. The van der Waals surface area contributed by atoms with Gasteiger partial charge in [-0.05, 0) is 50.3 Å². The standard InChI is InChI=1S/C25H28N4O5/c1-16(17-7-4-3-5-8-17)33-23(30)14-22-24(27-28-29(22)2)21-12-11-20(15-26-21)34-19-10-6-9-18(13-19)25(31)32/h3-5,7-8,11-12,15-16,18-19H,6,9-10,13-14H2,1-2H3,(H,31,32)/t16-,18+,19+/m1/s1. The quantitative estimate of drug-likeness (QED) is 0.501. The van der Waals surface area contributed by atoms with Gasteiger partial charge in [-0.1, -0.05) is 35.5 Å². The summed E-state index contributed by atoms with van der Waals surface area (Å²) in [5.41, 5.74) is 2.58. The number of carboxylic acids is 1. The summed E-state index contributed by atoms with van der Waals surface area (Å²) in [5, 5.41) is 17.5. The van der Waals surface area contributed by atoms with Gasteiger partial charge in [0.15, 0.2) is 0 Å². The predicted octanol–water partition coefficient (Wildman–Crippen LogP) is 3.75. The fourth-order valence-corrected chi connectivity index (χ4v) is 4.20. The molecule has 9 nitrogen and oxygen atoms in total. The minimum Gasteiger partial charge on any atom is -0.489 e. The van der Waals surface area contributed by atoms with Crippen molar-refractivity contribution in [3.8, 4) is 17.1 Å². The maximum atomic E-state index is 12.6. The van der Waals surface area contributed by atoms with Gasteiger partial charge in [-0.3, -0.25) is 19.3 Å². The number of aromatic nitrogens is 4. The van der Waals surface area contributed by atoms with E-state index < -0.39 is 5.97 Å². The lowest BCUT2D eigenvalue weighted by Gasteiger charge is -2.27. The lowest BCUT2D eigenvalue weighted by Crippen LogP contribution is -2.29. The zero-order valence-corrected chi connectivity index (χ0v) is 19.3. The number of carboxylic acid groups (broad SMARTS) is 1. The van der Waals surface area contributed by atoms with E-state index in [4.69, 9.17) is 9.47 Å². The second-order valence-corrected chi connectivity index (χ2v) is 8.55. The number of carbonyl (C=O) groups excluding carboxylic acids is 1. The number of aliphatic carboxylic acids is 1. The predicted molar refractivity (Wildman–Crippen MR) is 123 cm³/mol. The third kappa shape index (κ3) is 5.59. The number of benzene rings is 1. The molecule has 1 saturated carbocycles. The zero-order chi connectivity index (χ0) is 24.1. The van der Waals surface area contributed by atoms with Gasteiger partial charge >= 0.3 is 11.9 Å². The maximum absolute atomic E-state index is 12.6. The molecule has 0 radical (unpaired) electrons. The summed E-state index contributed by atoms with van der Waals surface area (Å²) in [6, 6.07) is 13.1.